The van der Waals surface area contributed by atoms with Crippen molar-refractivity contribution in [1.82, 2.24) is 4.98 Å². The number of carboxylic acid groups (broad SMARTS) is 1. The van der Waals surface area contributed by atoms with E-state index in [9.17, 15) is 9.90 Å². The number of anilines is 1. The summed E-state index contributed by atoms with van der Waals surface area (Å²) in [5.74, 6) is -0.166. The van der Waals surface area contributed by atoms with Crippen molar-refractivity contribution in [2.45, 2.75) is 19.9 Å². The van der Waals surface area contributed by atoms with Crippen LogP contribution in [-0.2, 0) is 4.74 Å². The van der Waals surface area contributed by atoms with E-state index in [1.165, 1.54) is 6.20 Å². The van der Waals surface area contributed by atoms with E-state index in [0.717, 1.165) is 17.7 Å². The number of nitrogens with zero attached hydrogens (tertiary/aromatic N) is 2. The first kappa shape index (κ1) is 15.3. The molecular formula is C16H20N2O3. The summed E-state index contributed by atoms with van der Waals surface area (Å²) in [5.41, 5.74) is 0.227. The maximum Gasteiger partial charge on any atom is 0.337 e. The highest BCUT2D eigenvalue weighted by Crippen LogP contribution is 2.28. The molecule has 112 valence electrons. The van der Waals surface area contributed by atoms with Crippen molar-refractivity contribution in [3.63, 3.8) is 0 Å². The van der Waals surface area contributed by atoms with Crippen LogP contribution in [0.25, 0.3) is 10.8 Å². The number of ether oxygens (including phenoxy) is 1. The Morgan fingerprint density at radius 2 is 2.05 bits per heavy atom. The van der Waals surface area contributed by atoms with Crippen molar-refractivity contribution < 1.29 is 14.6 Å². The van der Waals surface area contributed by atoms with Gasteiger partial charge in [0, 0.05) is 30.6 Å². The quantitative estimate of drug-likeness (QED) is 0.885. The lowest BCUT2D eigenvalue weighted by molar-refractivity contribution is 0.0698. The molecule has 21 heavy (non-hydrogen) atoms. The summed E-state index contributed by atoms with van der Waals surface area (Å²) in [6, 6.07) is 7.62. The van der Waals surface area contributed by atoms with Crippen LogP contribution < -0.4 is 4.90 Å². The molecule has 0 saturated heterocycles. The topological polar surface area (TPSA) is 62.7 Å². The number of fused-ring (bicyclic) bond motifs is 1. The van der Waals surface area contributed by atoms with E-state index in [-0.39, 0.29) is 11.6 Å². The molecule has 5 heteroatoms. The second-order valence-corrected chi connectivity index (χ2v) is 4.94. The third-order valence-electron chi connectivity index (χ3n) is 3.56. The van der Waals surface area contributed by atoms with E-state index in [2.05, 4.69) is 16.8 Å². The summed E-state index contributed by atoms with van der Waals surface area (Å²) < 4.78 is 5.22. The number of hydrogen-bond donors (Lipinski definition) is 1. The van der Waals surface area contributed by atoms with Gasteiger partial charge in [-0.3, -0.25) is 0 Å². The average Bonchev–Trinajstić information content (AvgIpc) is 2.48. The van der Waals surface area contributed by atoms with E-state index in [0.29, 0.717) is 12.0 Å². The van der Waals surface area contributed by atoms with Crippen molar-refractivity contribution >= 4 is 22.6 Å². The van der Waals surface area contributed by atoms with E-state index >= 15 is 0 Å². The van der Waals surface area contributed by atoms with Crippen molar-refractivity contribution in [2.75, 3.05) is 25.2 Å². The predicted molar refractivity (Wildman–Crippen MR) is 83.1 cm³/mol. The Bertz CT molecular complexity index is 642. The molecule has 1 N–H and O–H groups in total. The van der Waals surface area contributed by atoms with Gasteiger partial charge in [0.1, 0.15) is 5.82 Å². The Kier molecular flexibility index (Phi) is 4.75. The Labute approximate surface area is 124 Å². The van der Waals surface area contributed by atoms with Crippen LogP contribution in [-0.4, -0.2) is 42.4 Å². The van der Waals surface area contributed by atoms with Gasteiger partial charge in [-0.2, -0.15) is 0 Å². The Morgan fingerprint density at radius 1 is 1.38 bits per heavy atom. The van der Waals surface area contributed by atoms with Crippen LogP contribution >= 0.6 is 0 Å². The molecule has 2 rings (SSSR count). The summed E-state index contributed by atoms with van der Waals surface area (Å²) in [7, 11) is 1.67. The third kappa shape index (κ3) is 2.97. The third-order valence-corrected chi connectivity index (χ3v) is 3.56. The minimum atomic E-state index is -0.960. The number of likely N-dealkylation sites (N-methyl/N-ethyl adjacent to an activating group) is 1. The maximum absolute atomic E-state index is 11.3. The van der Waals surface area contributed by atoms with Gasteiger partial charge in [-0.25, -0.2) is 9.78 Å². The normalized spacial score (nSPS) is 12.3. The Balaban J connectivity index is 2.59. The first-order chi connectivity index (χ1) is 10.1. The van der Waals surface area contributed by atoms with E-state index in [1.807, 2.05) is 31.2 Å². The van der Waals surface area contributed by atoms with Crippen molar-refractivity contribution in [3.8, 4) is 0 Å². The van der Waals surface area contributed by atoms with E-state index in [4.69, 9.17) is 4.74 Å². The standard InChI is InChI=1S/C16H20N2O3/c1-4-18(11(2)10-21-3)15-13-8-6-5-7-12(13)14(9-17-15)16(19)20/h5-9,11H,4,10H2,1-3H3,(H,19,20). The van der Waals surface area contributed by atoms with Crippen LogP contribution in [0.4, 0.5) is 5.82 Å². The number of carbonyl (C=O) groups is 1. The molecule has 0 saturated carbocycles. The highest BCUT2D eigenvalue weighted by molar-refractivity contribution is 6.06. The summed E-state index contributed by atoms with van der Waals surface area (Å²) >= 11 is 0. The zero-order valence-corrected chi connectivity index (χ0v) is 12.5. The molecule has 0 spiro atoms. The monoisotopic (exact) mass is 288 g/mol. The van der Waals surface area contributed by atoms with Gasteiger partial charge in [0.15, 0.2) is 0 Å². The minimum absolute atomic E-state index is 0.159. The molecule has 1 aromatic carbocycles. The van der Waals surface area contributed by atoms with Gasteiger partial charge in [0.2, 0.25) is 0 Å². The van der Waals surface area contributed by atoms with E-state index in [1.54, 1.807) is 7.11 Å². The SMILES string of the molecule is CCN(c1ncc(C(=O)O)c2ccccc12)C(C)COC. The molecule has 1 unspecified atom stereocenters. The minimum Gasteiger partial charge on any atom is -0.478 e. The van der Waals surface area contributed by atoms with E-state index < -0.39 is 5.97 Å². The second kappa shape index (κ2) is 6.54. The number of pyridine rings is 1. The van der Waals surface area contributed by atoms with Crippen LogP contribution in [0.5, 0.6) is 0 Å². The predicted octanol–water partition coefficient (Wildman–Crippen LogP) is 2.79. The molecule has 0 aliphatic heterocycles. The van der Waals surface area contributed by atoms with Crippen molar-refractivity contribution in [1.29, 1.82) is 0 Å². The lowest BCUT2D eigenvalue weighted by Crippen LogP contribution is -2.36. The highest BCUT2D eigenvalue weighted by atomic mass is 16.5. The largest absolute Gasteiger partial charge is 0.478 e. The molecule has 5 nitrogen and oxygen atoms in total. The number of benzene rings is 1. The maximum atomic E-state index is 11.3. The Hall–Kier alpha value is -2.14. The fraction of sp³-hybridized carbons (Fsp3) is 0.375. The lowest BCUT2D eigenvalue weighted by atomic mass is 10.1. The molecule has 1 heterocycles. The fourth-order valence-corrected chi connectivity index (χ4v) is 2.58. The first-order valence-corrected chi connectivity index (χ1v) is 6.96. The summed E-state index contributed by atoms with van der Waals surface area (Å²) in [4.78, 5) is 17.8. The van der Waals surface area contributed by atoms with Gasteiger partial charge < -0.3 is 14.7 Å². The summed E-state index contributed by atoms with van der Waals surface area (Å²) in [6.07, 6.45) is 1.43. The van der Waals surface area contributed by atoms with Crippen LogP contribution in [0.1, 0.15) is 24.2 Å². The molecule has 0 bridgehead atoms. The van der Waals surface area contributed by atoms with Crippen molar-refractivity contribution in [3.05, 3.63) is 36.0 Å². The van der Waals surface area contributed by atoms with Gasteiger partial charge in [-0.1, -0.05) is 24.3 Å². The smallest absolute Gasteiger partial charge is 0.337 e. The van der Waals surface area contributed by atoms with Crippen LogP contribution in [0.15, 0.2) is 30.5 Å². The Morgan fingerprint density at radius 3 is 2.62 bits per heavy atom. The lowest BCUT2D eigenvalue weighted by Gasteiger charge is -2.29. The number of hydrogen-bond acceptors (Lipinski definition) is 4. The molecule has 0 aliphatic carbocycles. The molecule has 0 radical (unpaired) electrons. The molecule has 0 aliphatic rings. The van der Waals surface area contributed by atoms with Crippen LogP contribution in [0.2, 0.25) is 0 Å². The molecule has 2 aromatic rings. The highest BCUT2D eigenvalue weighted by Gasteiger charge is 2.19. The summed E-state index contributed by atoms with van der Waals surface area (Å²) in [6.45, 7) is 5.47. The van der Waals surface area contributed by atoms with Crippen LogP contribution in [0, 0.1) is 0 Å². The number of aromatic carboxylic acids is 1. The zero-order valence-electron chi connectivity index (χ0n) is 12.5. The summed E-state index contributed by atoms with van der Waals surface area (Å²) in [5, 5.41) is 10.8. The van der Waals surface area contributed by atoms with Gasteiger partial charge >= 0.3 is 5.97 Å². The number of methoxy groups -OCH3 is 1. The number of rotatable bonds is 6. The van der Waals surface area contributed by atoms with Gasteiger partial charge in [-0.05, 0) is 13.8 Å². The van der Waals surface area contributed by atoms with Gasteiger partial charge in [0.25, 0.3) is 0 Å². The molecular weight excluding hydrogens is 268 g/mol. The van der Waals surface area contributed by atoms with Gasteiger partial charge in [-0.15, -0.1) is 0 Å². The molecule has 0 fully saturated rings. The fourth-order valence-electron chi connectivity index (χ4n) is 2.58. The number of aromatic nitrogens is 1. The first-order valence-electron chi connectivity index (χ1n) is 6.96. The molecule has 1 aromatic heterocycles. The average molecular weight is 288 g/mol. The number of carboxylic acids is 1. The van der Waals surface area contributed by atoms with Crippen LogP contribution in [0.3, 0.4) is 0 Å². The van der Waals surface area contributed by atoms with Crippen molar-refractivity contribution in [2.24, 2.45) is 0 Å². The molecule has 0 amide bonds. The zero-order chi connectivity index (χ0) is 15.4. The second-order valence-electron chi connectivity index (χ2n) is 4.94. The molecule has 1 atom stereocenters. The van der Waals surface area contributed by atoms with Gasteiger partial charge in [0.05, 0.1) is 18.2 Å².